The maximum absolute atomic E-state index is 12.1. The number of halogens is 3. The number of alkyl halides is 3. The maximum atomic E-state index is 12.1. The molecule has 21 heavy (non-hydrogen) atoms. The van der Waals surface area contributed by atoms with E-state index in [2.05, 4.69) is 9.73 Å². The second-order valence-corrected chi connectivity index (χ2v) is 6.05. The van der Waals surface area contributed by atoms with Gasteiger partial charge in [0.05, 0.1) is 5.04 Å². The summed E-state index contributed by atoms with van der Waals surface area (Å²) in [5.41, 5.74) is 0.879. The van der Waals surface area contributed by atoms with Gasteiger partial charge in [-0.25, -0.2) is 0 Å². The van der Waals surface area contributed by atoms with Crippen molar-refractivity contribution in [1.82, 2.24) is 0 Å². The van der Waals surface area contributed by atoms with E-state index in [0.29, 0.717) is 0 Å². The van der Waals surface area contributed by atoms with Crippen molar-refractivity contribution < 1.29 is 17.9 Å². The lowest BCUT2D eigenvalue weighted by Gasteiger charge is -2.10. The number of rotatable bonds is 7. The summed E-state index contributed by atoms with van der Waals surface area (Å²) < 4.78 is 40.3. The van der Waals surface area contributed by atoms with E-state index in [1.807, 2.05) is 17.8 Å². The minimum absolute atomic E-state index is 0.142. The van der Waals surface area contributed by atoms with Crippen LogP contribution in [-0.2, 0) is 6.42 Å². The first-order valence-electron chi connectivity index (χ1n) is 7.04. The molecule has 1 aliphatic heterocycles. The van der Waals surface area contributed by atoms with Crippen LogP contribution in [0.3, 0.4) is 0 Å². The highest BCUT2D eigenvalue weighted by molar-refractivity contribution is 8.14. The Morgan fingerprint density at radius 3 is 2.67 bits per heavy atom. The molecule has 0 aliphatic carbocycles. The van der Waals surface area contributed by atoms with Crippen molar-refractivity contribution in [2.24, 2.45) is 4.99 Å². The van der Waals surface area contributed by atoms with Gasteiger partial charge in [-0.05, 0) is 43.4 Å². The number of aryl methyl sites for hydroxylation is 1. The Morgan fingerprint density at radius 1 is 1.14 bits per heavy atom. The van der Waals surface area contributed by atoms with Crippen LogP contribution in [-0.4, -0.2) is 23.7 Å². The summed E-state index contributed by atoms with van der Waals surface area (Å²) in [5, 5.41) is 1.25. The average molecular weight is 317 g/mol. The van der Waals surface area contributed by atoms with Crippen LogP contribution in [0.2, 0.25) is 0 Å². The molecule has 1 aliphatic rings. The van der Waals surface area contributed by atoms with Crippen LogP contribution in [0.1, 0.15) is 31.2 Å². The number of ether oxygens (including phenoxy) is 1. The molecule has 0 radical (unpaired) electrons. The topological polar surface area (TPSA) is 21.6 Å². The van der Waals surface area contributed by atoms with Crippen molar-refractivity contribution in [2.45, 2.75) is 38.5 Å². The minimum Gasteiger partial charge on any atom is -0.406 e. The lowest BCUT2D eigenvalue weighted by Crippen LogP contribution is -2.17. The highest BCUT2D eigenvalue weighted by Gasteiger charge is 2.31. The van der Waals surface area contributed by atoms with Gasteiger partial charge in [0.2, 0.25) is 0 Å². The van der Waals surface area contributed by atoms with Gasteiger partial charge in [0.15, 0.2) is 0 Å². The summed E-state index contributed by atoms with van der Waals surface area (Å²) in [4.78, 5) is 4.39. The van der Waals surface area contributed by atoms with Crippen LogP contribution in [0.25, 0.3) is 0 Å². The number of hydrogen-bond acceptors (Lipinski definition) is 3. The van der Waals surface area contributed by atoms with Gasteiger partial charge in [0, 0.05) is 12.3 Å². The SMILES string of the molecule is FC(F)(F)Oc1cccc(CCCCCC2=NCCS2)c1. The first-order valence-corrected chi connectivity index (χ1v) is 8.02. The average Bonchev–Trinajstić information content (AvgIpc) is 2.90. The van der Waals surface area contributed by atoms with Crippen molar-refractivity contribution in [1.29, 1.82) is 0 Å². The molecule has 2 nitrogen and oxygen atoms in total. The van der Waals surface area contributed by atoms with Crippen LogP contribution in [0.15, 0.2) is 29.3 Å². The van der Waals surface area contributed by atoms with E-state index >= 15 is 0 Å². The highest BCUT2D eigenvalue weighted by atomic mass is 32.2. The largest absolute Gasteiger partial charge is 0.573 e. The van der Waals surface area contributed by atoms with Crippen molar-refractivity contribution in [3.8, 4) is 5.75 Å². The Balaban J connectivity index is 1.69. The van der Waals surface area contributed by atoms with Gasteiger partial charge in [-0.15, -0.1) is 24.9 Å². The molecule has 1 heterocycles. The van der Waals surface area contributed by atoms with Crippen LogP contribution in [0.5, 0.6) is 5.75 Å². The fourth-order valence-corrected chi connectivity index (χ4v) is 3.10. The van der Waals surface area contributed by atoms with Crippen LogP contribution >= 0.6 is 11.8 Å². The second kappa shape index (κ2) is 7.73. The van der Waals surface area contributed by atoms with Crippen molar-refractivity contribution in [3.63, 3.8) is 0 Å². The lowest BCUT2D eigenvalue weighted by atomic mass is 10.1. The zero-order valence-electron chi connectivity index (χ0n) is 11.7. The van der Waals surface area contributed by atoms with Gasteiger partial charge in [-0.2, -0.15) is 0 Å². The predicted molar refractivity (Wildman–Crippen MR) is 80.1 cm³/mol. The smallest absolute Gasteiger partial charge is 0.406 e. The molecule has 1 aromatic carbocycles. The standard InChI is InChI=1S/C15H18F3NOS/c16-15(17,18)20-13-7-4-6-12(11-13)5-2-1-3-8-14-19-9-10-21-14/h4,6-7,11H,1-3,5,8-10H2. The van der Waals surface area contributed by atoms with Gasteiger partial charge in [-0.1, -0.05) is 18.6 Å². The lowest BCUT2D eigenvalue weighted by molar-refractivity contribution is -0.274. The monoisotopic (exact) mass is 317 g/mol. The summed E-state index contributed by atoms with van der Waals surface area (Å²) in [5.74, 6) is 0.957. The summed E-state index contributed by atoms with van der Waals surface area (Å²) >= 11 is 1.83. The normalized spacial score (nSPS) is 15.1. The molecule has 0 N–H and O–H groups in total. The first-order chi connectivity index (χ1) is 10.0. The summed E-state index contributed by atoms with van der Waals surface area (Å²) in [6.07, 6.45) is 0.288. The fraction of sp³-hybridized carbons (Fsp3) is 0.533. The third-order valence-electron chi connectivity index (χ3n) is 3.14. The zero-order valence-corrected chi connectivity index (χ0v) is 12.5. The minimum atomic E-state index is -4.63. The summed E-state index contributed by atoms with van der Waals surface area (Å²) in [6.45, 7) is 0.937. The van der Waals surface area contributed by atoms with Crippen molar-refractivity contribution in [2.75, 3.05) is 12.3 Å². The van der Waals surface area contributed by atoms with Gasteiger partial charge in [0.1, 0.15) is 5.75 Å². The van der Waals surface area contributed by atoms with Crippen molar-refractivity contribution in [3.05, 3.63) is 29.8 Å². The van der Waals surface area contributed by atoms with Crippen LogP contribution in [0, 0.1) is 0 Å². The number of hydrogen-bond donors (Lipinski definition) is 0. The molecule has 2 rings (SSSR count). The first kappa shape index (κ1) is 16.2. The molecule has 1 aromatic rings. The Morgan fingerprint density at radius 2 is 1.95 bits per heavy atom. The van der Waals surface area contributed by atoms with Gasteiger partial charge in [0.25, 0.3) is 0 Å². The molecular formula is C15H18F3NOS. The van der Waals surface area contributed by atoms with E-state index in [1.54, 1.807) is 6.07 Å². The number of aliphatic imine (C=N–C) groups is 1. The number of thioether (sulfide) groups is 1. The van der Waals surface area contributed by atoms with E-state index in [1.165, 1.54) is 17.2 Å². The molecule has 0 atom stereocenters. The molecular weight excluding hydrogens is 299 g/mol. The molecule has 0 aromatic heterocycles. The fourth-order valence-electron chi connectivity index (χ4n) is 2.21. The van der Waals surface area contributed by atoms with Crippen molar-refractivity contribution >= 4 is 16.8 Å². The van der Waals surface area contributed by atoms with Crippen LogP contribution < -0.4 is 4.74 Å². The molecule has 0 saturated heterocycles. The van der Waals surface area contributed by atoms with Crippen LogP contribution in [0.4, 0.5) is 13.2 Å². The summed E-state index contributed by atoms with van der Waals surface area (Å²) in [7, 11) is 0. The number of benzene rings is 1. The third-order valence-corrected chi connectivity index (χ3v) is 4.19. The van der Waals surface area contributed by atoms with E-state index in [-0.39, 0.29) is 5.75 Å². The molecule has 0 fully saturated rings. The Hall–Kier alpha value is -1.17. The second-order valence-electron chi connectivity index (χ2n) is 4.88. The predicted octanol–water partition coefficient (Wildman–Crippen LogP) is 4.83. The molecule has 0 unspecified atom stereocenters. The Kier molecular flexibility index (Phi) is 5.96. The maximum Gasteiger partial charge on any atom is 0.573 e. The number of unbranched alkanes of at least 4 members (excludes halogenated alkanes) is 2. The molecule has 0 spiro atoms. The van der Waals surface area contributed by atoms with Gasteiger partial charge >= 0.3 is 6.36 Å². The molecule has 116 valence electrons. The molecule has 0 bridgehead atoms. The summed E-state index contributed by atoms with van der Waals surface area (Å²) in [6, 6.07) is 6.22. The molecule has 0 amide bonds. The molecule has 6 heteroatoms. The number of nitrogens with zero attached hydrogens (tertiary/aromatic N) is 1. The van der Waals surface area contributed by atoms with E-state index in [4.69, 9.17) is 0 Å². The van der Waals surface area contributed by atoms with E-state index < -0.39 is 6.36 Å². The van der Waals surface area contributed by atoms with E-state index in [9.17, 15) is 13.2 Å². The Bertz CT molecular complexity index is 488. The van der Waals surface area contributed by atoms with Gasteiger partial charge in [-0.3, -0.25) is 4.99 Å². The molecule has 0 saturated carbocycles. The highest BCUT2D eigenvalue weighted by Crippen LogP contribution is 2.24. The van der Waals surface area contributed by atoms with Gasteiger partial charge < -0.3 is 4.74 Å². The quantitative estimate of drug-likeness (QED) is 0.672. The Labute approximate surface area is 126 Å². The van der Waals surface area contributed by atoms with E-state index in [0.717, 1.165) is 50.0 Å². The zero-order chi connectivity index (χ0) is 15.1. The third kappa shape index (κ3) is 6.42.